The van der Waals surface area contributed by atoms with Crippen LogP contribution in [0.3, 0.4) is 0 Å². The lowest BCUT2D eigenvalue weighted by molar-refractivity contribution is 0.267. The van der Waals surface area contributed by atoms with Gasteiger partial charge in [0, 0.05) is 13.1 Å². The molecule has 3 rings (SSSR count). The number of nitrogens with one attached hydrogen (secondary N) is 1. The molecule has 0 fully saturated rings. The SMILES string of the molecule is COc1cc2c(cc1OCCCN(C)C)C(c1cc(C(C)(C)C)c(OC)cc1C)NCC2. The van der Waals surface area contributed by atoms with Gasteiger partial charge in [0.25, 0.3) is 0 Å². The molecule has 1 unspecified atom stereocenters. The molecule has 0 bridgehead atoms. The molecule has 0 amide bonds. The van der Waals surface area contributed by atoms with Crippen molar-refractivity contribution in [2.45, 2.75) is 52.0 Å². The summed E-state index contributed by atoms with van der Waals surface area (Å²) in [6, 6.07) is 8.95. The number of hydrogen-bond donors (Lipinski definition) is 1. The minimum absolute atomic E-state index is 0.00803. The molecule has 0 aromatic heterocycles. The molecular formula is C27H40N2O3. The van der Waals surface area contributed by atoms with Crippen LogP contribution in [0.2, 0.25) is 0 Å². The fraction of sp³-hybridized carbons (Fsp3) is 0.556. The van der Waals surface area contributed by atoms with E-state index in [4.69, 9.17) is 14.2 Å². The molecule has 32 heavy (non-hydrogen) atoms. The zero-order valence-electron chi connectivity index (χ0n) is 21.1. The molecule has 5 heteroatoms. The van der Waals surface area contributed by atoms with Crippen molar-refractivity contribution < 1.29 is 14.2 Å². The molecule has 0 spiro atoms. The number of nitrogens with zero attached hydrogens (tertiary/aromatic N) is 1. The molecule has 1 atom stereocenters. The van der Waals surface area contributed by atoms with Gasteiger partial charge in [-0.05, 0) is 91.4 Å². The van der Waals surface area contributed by atoms with Crippen LogP contribution < -0.4 is 19.5 Å². The van der Waals surface area contributed by atoms with Crippen LogP contribution in [-0.4, -0.2) is 52.9 Å². The molecular weight excluding hydrogens is 400 g/mol. The molecule has 2 aromatic carbocycles. The summed E-state index contributed by atoms with van der Waals surface area (Å²) in [5.74, 6) is 2.59. The van der Waals surface area contributed by atoms with Crippen molar-refractivity contribution in [2.24, 2.45) is 0 Å². The fourth-order valence-electron chi connectivity index (χ4n) is 4.44. The highest BCUT2D eigenvalue weighted by atomic mass is 16.5. The molecule has 0 aliphatic carbocycles. The van der Waals surface area contributed by atoms with Gasteiger partial charge in [-0.25, -0.2) is 0 Å². The molecule has 176 valence electrons. The van der Waals surface area contributed by atoms with E-state index in [9.17, 15) is 0 Å². The standard InChI is InChI=1S/C27H40N2O3/c1-18-14-23(30-7)22(27(2,3)4)16-20(18)26-21-17-25(32-13-9-12-29(5)6)24(31-8)15-19(21)10-11-28-26/h14-17,26,28H,9-13H2,1-8H3. The van der Waals surface area contributed by atoms with Crippen LogP contribution in [0, 0.1) is 6.92 Å². The van der Waals surface area contributed by atoms with Gasteiger partial charge >= 0.3 is 0 Å². The molecule has 1 N–H and O–H groups in total. The number of methoxy groups -OCH3 is 2. The average molecular weight is 441 g/mol. The van der Waals surface area contributed by atoms with Crippen LogP contribution in [-0.2, 0) is 11.8 Å². The largest absolute Gasteiger partial charge is 0.496 e. The third-order valence-electron chi connectivity index (χ3n) is 6.19. The Morgan fingerprint density at radius 1 is 0.969 bits per heavy atom. The Hall–Kier alpha value is -2.24. The van der Waals surface area contributed by atoms with Crippen molar-refractivity contribution in [3.63, 3.8) is 0 Å². The maximum Gasteiger partial charge on any atom is 0.161 e. The first-order chi connectivity index (χ1) is 15.2. The van der Waals surface area contributed by atoms with E-state index < -0.39 is 0 Å². The number of fused-ring (bicyclic) bond motifs is 1. The summed E-state index contributed by atoms with van der Waals surface area (Å²) in [4.78, 5) is 2.17. The Morgan fingerprint density at radius 2 is 1.69 bits per heavy atom. The van der Waals surface area contributed by atoms with Gasteiger partial charge in [0.1, 0.15) is 5.75 Å². The normalized spacial score (nSPS) is 16.1. The number of ether oxygens (including phenoxy) is 3. The highest BCUT2D eigenvalue weighted by molar-refractivity contribution is 5.54. The Kier molecular flexibility index (Phi) is 7.73. The number of aryl methyl sites for hydroxylation is 1. The number of rotatable bonds is 8. The molecule has 1 aliphatic rings. The first kappa shape index (κ1) is 24.4. The predicted octanol–water partition coefficient (Wildman–Crippen LogP) is 4.88. The molecule has 0 saturated heterocycles. The Balaban J connectivity index is 2.01. The quantitative estimate of drug-likeness (QED) is 0.593. The molecule has 2 aromatic rings. The second kappa shape index (κ2) is 10.1. The molecule has 1 aliphatic heterocycles. The monoisotopic (exact) mass is 440 g/mol. The lowest BCUT2D eigenvalue weighted by atomic mass is 9.81. The van der Waals surface area contributed by atoms with Crippen LogP contribution >= 0.6 is 0 Å². The predicted molar refractivity (Wildman–Crippen MR) is 132 cm³/mol. The summed E-state index contributed by atoms with van der Waals surface area (Å²) < 4.78 is 17.6. The van der Waals surface area contributed by atoms with Crippen molar-refractivity contribution >= 4 is 0 Å². The molecule has 5 nitrogen and oxygen atoms in total. The van der Waals surface area contributed by atoms with Crippen LogP contribution in [0.1, 0.15) is 61.1 Å². The van der Waals surface area contributed by atoms with Gasteiger partial charge in [0.2, 0.25) is 0 Å². The summed E-state index contributed by atoms with van der Waals surface area (Å²) in [6.07, 6.45) is 1.95. The maximum absolute atomic E-state index is 6.17. The van der Waals surface area contributed by atoms with Crippen molar-refractivity contribution in [2.75, 3.05) is 48.0 Å². The van der Waals surface area contributed by atoms with Gasteiger partial charge < -0.3 is 24.4 Å². The van der Waals surface area contributed by atoms with Crippen molar-refractivity contribution in [3.8, 4) is 17.2 Å². The number of hydrogen-bond acceptors (Lipinski definition) is 5. The summed E-state index contributed by atoms with van der Waals surface area (Å²) >= 11 is 0. The molecule has 0 radical (unpaired) electrons. The van der Waals surface area contributed by atoms with Crippen molar-refractivity contribution in [1.29, 1.82) is 0 Å². The first-order valence-electron chi connectivity index (χ1n) is 11.6. The van der Waals surface area contributed by atoms with Gasteiger partial charge in [-0.15, -0.1) is 0 Å². The van der Waals surface area contributed by atoms with E-state index in [0.717, 1.165) is 43.2 Å². The van der Waals surface area contributed by atoms with Crippen LogP contribution in [0.15, 0.2) is 24.3 Å². The Bertz CT molecular complexity index is 931. The van der Waals surface area contributed by atoms with E-state index in [-0.39, 0.29) is 11.5 Å². The number of benzene rings is 2. The van der Waals surface area contributed by atoms with E-state index in [1.54, 1.807) is 14.2 Å². The van der Waals surface area contributed by atoms with Crippen LogP contribution in [0.4, 0.5) is 0 Å². The molecule has 0 saturated carbocycles. The minimum atomic E-state index is -0.00803. The Morgan fingerprint density at radius 3 is 2.31 bits per heavy atom. The van der Waals surface area contributed by atoms with Gasteiger partial charge in [-0.2, -0.15) is 0 Å². The highest BCUT2D eigenvalue weighted by Crippen LogP contribution is 2.41. The van der Waals surface area contributed by atoms with Gasteiger partial charge in [0.05, 0.1) is 26.9 Å². The lowest BCUT2D eigenvalue weighted by Gasteiger charge is -2.32. The van der Waals surface area contributed by atoms with E-state index in [0.29, 0.717) is 6.61 Å². The van der Waals surface area contributed by atoms with Crippen LogP contribution in [0.5, 0.6) is 17.2 Å². The highest BCUT2D eigenvalue weighted by Gasteiger charge is 2.28. The zero-order chi connectivity index (χ0) is 23.5. The second-order valence-electron chi connectivity index (χ2n) is 10.0. The minimum Gasteiger partial charge on any atom is -0.496 e. The topological polar surface area (TPSA) is 43.0 Å². The van der Waals surface area contributed by atoms with Crippen molar-refractivity contribution in [3.05, 3.63) is 52.1 Å². The summed E-state index contributed by atoms with van der Waals surface area (Å²) in [7, 11) is 7.64. The van der Waals surface area contributed by atoms with Gasteiger partial charge in [0.15, 0.2) is 11.5 Å². The molecule has 1 heterocycles. The van der Waals surface area contributed by atoms with E-state index >= 15 is 0 Å². The smallest absolute Gasteiger partial charge is 0.161 e. The maximum atomic E-state index is 6.17. The van der Waals surface area contributed by atoms with E-state index in [1.165, 1.54) is 27.8 Å². The van der Waals surface area contributed by atoms with Crippen molar-refractivity contribution in [1.82, 2.24) is 10.2 Å². The van der Waals surface area contributed by atoms with Crippen LogP contribution in [0.25, 0.3) is 0 Å². The summed E-state index contributed by atoms with van der Waals surface area (Å²) in [5, 5.41) is 3.75. The summed E-state index contributed by atoms with van der Waals surface area (Å²) in [6.45, 7) is 11.5. The fourth-order valence-corrected chi connectivity index (χ4v) is 4.44. The van der Waals surface area contributed by atoms with Gasteiger partial charge in [-0.1, -0.05) is 20.8 Å². The van der Waals surface area contributed by atoms with E-state index in [1.807, 2.05) is 0 Å². The Labute approximate surface area is 194 Å². The lowest BCUT2D eigenvalue weighted by Crippen LogP contribution is -2.31. The second-order valence-corrected chi connectivity index (χ2v) is 10.0. The summed E-state index contributed by atoms with van der Waals surface area (Å²) in [5.41, 5.74) is 6.32. The average Bonchev–Trinajstić information content (AvgIpc) is 2.74. The third-order valence-corrected chi connectivity index (χ3v) is 6.19. The third kappa shape index (κ3) is 5.38. The first-order valence-corrected chi connectivity index (χ1v) is 11.6. The van der Waals surface area contributed by atoms with Gasteiger partial charge in [-0.3, -0.25) is 0 Å². The zero-order valence-corrected chi connectivity index (χ0v) is 21.1. The van der Waals surface area contributed by atoms with E-state index in [2.05, 4.69) is 76.3 Å².